The van der Waals surface area contributed by atoms with E-state index in [1.54, 1.807) is 0 Å². The summed E-state index contributed by atoms with van der Waals surface area (Å²) in [5, 5.41) is 6.91. The summed E-state index contributed by atoms with van der Waals surface area (Å²) in [6.07, 6.45) is 13.4. The first-order chi connectivity index (χ1) is 14.3. The SMILES string of the molecule is CC(/C=C(/NCC(F)C(C)CCCCCCN)C(C)C)CCCCCCNC(C)C. The molecule has 3 nitrogen and oxygen atoms in total. The monoisotopic (exact) mass is 427 g/mol. The van der Waals surface area contributed by atoms with Gasteiger partial charge in [-0.1, -0.05) is 86.1 Å². The summed E-state index contributed by atoms with van der Waals surface area (Å²) in [5.74, 6) is 1.07. The molecule has 0 fully saturated rings. The first-order valence-electron chi connectivity index (χ1n) is 12.8. The topological polar surface area (TPSA) is 50.1 Å². The molecule has 0 saturated carbocycles. The van der Waals surface area contributed by atoms with Gasteiger partial charge in [0.2, 0.25) is 0 Å². The number of halogens is 1. The van der Waals surface area contributed by atoms with E-state index in [4.69, 9.17) is 5.73 Å². The molecule has 0 spiro atoms. The maximum atomic E-state index is 14.6. The van der Waals surface area contributed by atoms with E-state index in [0.717, 1.165) is 32.4 Å². The van der Waals surface area contributed by atoms with Gasteiger partial charge in [0.1, 0.15) is 6.17 Å². The molecule has 0 amide bonds. The van der Waals surface area contributed by atoms with Crippen LogP contribution in [0.4, 0.5) is 4.39 Å². The Labute approximate surface area is 188 Å². The Hall–Kier alpha value is -0.610. The summed E-state index contributed by atoms with van der Waals surface area (Å²) in [6, 6.07) is 0.588. The van der Waals surface area contributed by atoms with E-state index in [1.165, 1.54) is 50.6 Å². The highest BCUT2D eigenvalue weighted by molar-refractivity contribution is 5.05. The molecule has 0 rings (SSSR count). The largest absolute Gasteiger partial charge is 0.385 e. The second-order valence-corrected chi connectivity index (χ2v) is 9.93. The van der Waals surface area contributed by atoms with Crippen molar-refractivity contribution in [1.82, 2.24) is 10.6 Å². The van der Waals surface area contributed by atoms with Crippen LogP contribution in [0.25, 0.3) is 0 Å². The van der Waals surface area contributed by atoms with Crippen LogP contribution in [0, 0.1) is 17.8 Å². The third-order valence-corrected chi connectivity index (χ3v) is 5.96. The number of hydrogen-bond donors (Lipinski definition) is 3. The van der Waals surface area contributed by atoms with Crippen molar-refractivity contribution in [2.24, 2.45) is 23.5 Å². The molecular weight excluding hydrogens is 373 g/mol. The molecule has 0 aliphatic rings. The first kappa shape index (κ1) is 29.4. The molecule has 180 valence electrons. The van der Waals surface area contributed by atoms with Gasteiger partial charge in [0.05, 0.1) is 0 Å². The average Bonchev–Trinajstić information content (AvgIpc) is 2.69. The lowest BCUT2D eigenvalue weighted by Crippen LogP contribution is -2.30. The summed E-state index contributed by atoms with van der Waals surface area (Å²) in [4.78, 5) is 0. The van der Waals surface area contributed by atoms with E-state index in [9.17, 15) is 4.39 Å². The predicted molar refractivity (Wildman–Crippen MR) is 133 cm³/mol. The van der Waals surface area contributed by atoms with Gasteiger partial charge in [0, 0.05) is 18.3 Å². The van der Waals surface area contributed by atoms with Crippen molar-refractivity contribution in [3.8, 4) is 0 Å². The van der Waals surface area contributed by atoms with Crippen molar-refractivity contribution >= 4 is 0 Å². The molecule has 30 heavy (non-hydrogen) atoms. The number of nitrogens with two attached hydrogens (primary N) is 1. The first-order valence-corrected chi connectivity index (χ1v) is 12.8. The highest BCUT2D eigenvalue weighted by Gasteiger charge is 2.17. The molecule has 0 heterocycles. The quantitative estimate of drug-likeness (QED) is 0.192. The van der Waals surface area contributed by atoms with Gasteiger partial charge in [0.25, 0.3) is 0 Å². The highest BCUT2D eigenvalue weighted by Crippen LogP contribution is 2.19. The van der Waals surface area contributed by atoms with Gasteiger partial charge in [-0.05, 0) is 56.5 Å². The third kappa shape index (κ3) is 17.1. The van der Waals surface area contributed by atoms with Crippen molar-refractivity contribution in [2.75, 3.05) is 19.6 Å². The van der Waals surface area contributed by atoms with Crippen molar-refractivity contribution in [3.05, 3.63) is 11.8 Å². The van der Waals surface area contributed by atoms with Crippen LogP contribution in [0.3, 0.4) is 0 Å². The van der Waals surface area contributed by atoms with Crippen LogP contribution in [0.15, 0.2) is 11.8 Å². The third-order valence-electron chi connectivity index (χ3n) is 5.96. The van der Waals surface area contributed by atoms with E-state index >= 15 is 0 Å². The van der Waals surface area contributed by atoms with Gasteiger partial charge in [-0.3, -0.25) is 0 Å². The van der Waals surface area contributed by atoms with Gasteiger partial charge >= 0.3 is 0 Å². The van der Waals surface area contributed by atoms with Crippen LogP contribution < -0.4 is 16.4 Å². The summed E-state index contributed by atoms with van der Waals surface area (Å²) in [6.45, 7) is 15.5. The van der Waals surface area contributed by atoms with Gasteiger partial charge in [-0.2, -0.15) is 0 Å². The standard InChI is InChI=1S/C26H54FN3/c1-21(2)26(19-23(5)15-11-8-10-14-18-29-22(3)4)30-20-25(27)24(6)16-12-7-9-13-17-28/h19,21-25,29-30H,7-18,20,28H2,1-6H3/b26-19+. The second kappa shape index (κ2) is 19.1. The minimum atomic E-state index is -0.781. The maximum Gasteiger partial charge on any atom is 0.120 e. The smallest absolute Gasteiger partial charge is 0.120 e. The lowest BCUT2D eigenvalue weighted by Gasteiger charge is -2.22. The molecule has 0 bridgehead atoms. The predicted octanol–water partition coefficient (Wildman–Crippen LogP) is 6.58. The molecule has 3 atom stereocenters. The van der Waals surface area contributed by atoms with Crippen LogP contribution in [-0.2, 0) is 0 Å². The fourth-order valence-corrected chi connectivity index (χ4v) is 3.74. The molecule has 4 N–H and O–H groups in total. The van der Waals surface area contributed by atoms with Gasteiger partial charge < -0.3 is 16.4 Å². The number of unbranched alkanes of at least 4 members (excludes halogenated alkanes) is 6. The van der Waals surface area contributed by atoms with E-state index in [0.29, 0.717) is 24.4 Å². The van der Waals surface area contributed by atoms with E-state index in [2.05, 4.69) is 51.3 Å². The average molecular weight is 428 g/mol. The van der Waals surface area contributed by atoms with Gasteiger partial charge in [-0.25, -0.2) is 4.39 Å². The molecule has 3 unspecified atom stereocenters. The normalized spacial score (nSPS) is 15.6. The number of hydrogen-bond acceptors (Lipinski definition) is 3. The van der Waals surface area contributed by atoms with Crippen LogP contribution in [0.2, 0.25) is 0 Å². The number of rotatable bonds is 20. The molecule has 0 aromatic carbocycles. The molecule has 0 aliphatic heterocycles. The van der Waals surface area contributed by atoms with Gasteiger partial charge in [0.15, 0.2) is 0 Å². The van der Waals surface area contributed by atoms with Crippen LogP contribution in [0.1, 0.15) is 106 Å². The molecular formula is C26H54FN3. The van der Waals surface area contributed by atoms with Crippen LogP contribution in [-0.4, -0.2) is 31.8 Å². The Morgan fingerprint density at radius 1 is 0.833 bits per heavy atom. The summed E-state index contributed by atoms with van der Waals surface area (Å²) in [7, 11) is 0. The van der Waals surface area contributed by atoms with Crippen molar-refractivity contribution in [1.29, 1.82) is 0 Å². The minimum Gasteiger partial charge on any atom is -0.385 e. The zero-order valence-electron chi connectivity index (χ0n) is 21.1. The molecule has 0 radical (unpaired) electrons. The summed E-state index contributed by atoms with van der Waals surface area (Å²) >= 11 is 0. The number of allylic oxidation sites excluding steroid dienone is 2. The van der Waals surface area contributed by atoms with Gasteiger partial charge in [-0.15, -0.1) is 0 Å². The lowest BCUT2D eigenvalue weighted by molar-refractivity contribution is 0.223. The summed E-state index contributed by atoms with van der Waals surface area (Å²) in [5.41, 5.74) is 6.74. The molecule has 0 aromatic rings. The van der Waals surface area contributed by atoms with Crippen LogP contribution >= 0.6 is 0 Å². The highest BCUT2D eigenvalue weighted by atomic mass is 19.1. The Kier molecular flexibility index (Phi) is 18.7. The Morgan fingerprint density at radius 2 is 1.43 bits per heavy atom. The molecule has 0 aliphatic carbocycles. The fourth-order valence-electron chi connectivity index (χ4n) is 3.74. The number of nitrogens with one attached hydrogen (secondary N) is 2. The van der Waals surface area contributed by atoms with Crippen molar-refractivity contribution < 1.29 is 4.39 Å². The zero-order chi connectivity index (χ0) is 22.8. The fraction of sp³-hybridized carbons (Fsp3) is 0.923. The number of alkyl halides is 1. The molecule has 0 saturated heterocycles. The Morgan fingerprint density at radius 3 is 2.03 bits per heavy atom. The summed E-state index contributed by atoms with van der Waals surface area (Å²) < 4.78 is 14.6. The molecule has 0 aromatic heterocycles. The zero-order valence-corrected chi connectivity index (χ0v) is 21.1. The minimum absolute atomic E-state index is 0.117. The second-order valence-electron chi connectivity index (χ2n) is 9.93. The molecule has 4 heteroatoms. The van der Waals surface area contributed by atoms with Crippen LogP contribution in [0.5, 0.6) is 0 Å². The Bertz CT molecular complexity index is 409. The van der Waals surface area contributed by atoms with E-state index < -0.39 is 6.17 Å². The van der Waals surface area contributed by atoms with E-state index in [1.807, 2.05) is 6.92 Å². The van der Waals surface area contributed by atoms with E-state index in [-0.39, 0.29) is 5.92 Å². The van der Waals surface area contributed by atoms with Crippen molar-refractivity contribution in [3.63, 3.8) is 0 Å². The maximum absolute atomic E-state index is 14.6. The van der Waals surface area contributed by atoms with Crippen molar-refractivity contribution in [2.45, 2.75) is 118 Å². The lowest BCUT2D eigenvalue weighted by atomic mass is 9.96. The Balaban J connectivity index is 4.13.